The molecule has 22 heteroatoms. The Kier molecular flexibility index (Phi) is 7.38. The van der Waals surface area contributed by atoms with Crippen molar-refractivity contribution in [3.8, 4) is 0 Å². The summed E-state index contributed by atoms with van der Waals surface area (Å²) in [5, 5.41) is 2.37. The molecule has 9 atom stereocenters. The Morgan fingerprint density at radius 3 is 2.70 bits per heavy atom. The van der Waals surface area contributed by atoms with Gasteiger partial charge in [-0.25, -0.2) is 19.5 Å². The number of aromatic nitrogens is 6. The van der Waals surface area contributed by atoms with Gasteiger partial charge in [-0.05, 0) is 6.42 Å². The van der Waals surface area contributed by atoms with Crippen molar-refractivity contribution in [1.29, 1.82) is 0 Å². The van der Waals surface area contributed by atoms with Crippen molar-refractivity contribution >= 4 is 60.6 Å². The molecular formula is C22H26N8O11P2S. The number of hydrogen-bond donors (Lipinski definition) is 5. The first-order valence-electron chi connectivity index (χ1n) is 13.1. The molecular weight excluding hydrogens is 646 g/mol. The van der Waals surface area contributed by atoms with Crippen LogP contribution in [0.1, 0.15) is 23.6 Å². The predicted molar refractivity (Wildman–Crippen MR) is 152 cm³/mol. The number of nitrogens with two attached hydrogens (primary N) is 2. The number of aromatic amines is 1. The summed E-state index contributed by atoms with van der Waals surface area (Å²) in [4.78, 5) is 53.7. The number of nitrogens with one attached hydrogen (secondary N) is 1. The normalized spacial score (nSPS) is 36.3. The molecule has 3 aliphatic rings. The molecule has 236 valence electrons. The second kappa shape index (κ2) is 10.9. The van der Waals surface area contributed by atoms with Crippen molar-refractivity contribution in [3.63, 3.8) is 0 Å². The molecule has 19 nitrogen and oxygen atoms in total. The molecule has 0 aliphatic carbocycles. The Balaban J connectivity index is 1.21. The van der Waals surface area contributed by atoms with E-state index in [1.165, 1.54) is 35.7 Å². The minimum Gasteiger partial charge on any atom is -0.383 e. The van der Waals surface area contributed by atoms with Crippen molar-refractivity contribution in [1.82, 2.24) is 29.5 Å². The van der Waals surface area contributed by atoms with E-state index in [0.29, 0.717) is 15.8 Å². The summed E-state index contributed by atoms with van der Waals surface area (Å²) in [7, 11) is -8.10. The van der Waals surface area contributed by atoms with E-state index in [9.17, 15) is 23.7 Å². The standard InChI is InChI=1S/C22H26N8O11P2S/c1-36-15-11-4-37-42(32,33)12-2-9(17-13-8(5-44-17)18(23)26-6-25-13)39-10(12)3-38-43(34,35)41-16(15)21(40-11)30-7-27-14-19(30)28-22(24)29-20(14)31/h5-7,9-12,15-16,21H,2-4H2,1H3,(H,32,33)(H,34,35)(H2,23,25,26)(H3,24,28,29,31)/t9-,10-,11-,12+,15-,16-,21-/m1/s1. The molecule has 0 radical (unpaired) electrons. The van der Waals surface area contributed by atoms with Gasteiger partial charge in [0.2, 0.25) is 5.95 Å². The lowest BCUT2D eigenvalue weighted by Gasteiger charge is -2.28. The quantitative estimate of drug-likeness (QED) is 0.188. The number of H-pyrrole nitrogens is 1. The monoisotopic (exact) mass is 672 g/mol. The van der Waals surface area contributed by atoms with Gasteiger partial charge in [-0.3, -0.25) is 28.0 Å². The maximum atomic E-state index is 13.7. The fraction of sp³-hybridized carbons (Fsp3) is 0.500. The predicted octanol–water partition coefficient (Wildman–Crippen LogP) is 0.818. The Hall–Kier alpha value is -2.87. The van der Waals surface area contributed by atoms with Crippen LogP contribution in [0.3, 0.4) is 0 Å². The van der Waals surface area contributed by atoms with Gasteiger partial charge >= 0.3 is 15.4 Å². The van der Waals surface area contributed by atoms with Crippen LogP contribution in [-0.2, 0) is 36.9 Å². The van der Waals surface area contributed by atoms with E-state index >= 15 is 0 Å². The molecule has 2 bridgehead atoms. The van der Waals surface area contributed by atoms with E-state index in [4.69, 9.17) is 39.2 Å². The molecule has 7 heterocycles. The molecule has 0 amide bonds. The number of nitrogens with zero attached hydrogens (tertiary/aromatic N) is 5. The second-order valence-electron chi connectivity index (χ2n) is 10.3. The van der Waals surface area contributed by atoms with Crippen LogP contribution in [0, 0.1) is 0 Å². The maximum Gasteiger partial charge on any atom is 0.472 e. The van der Waals surface area contributed by atoms with E-state index < -0.39 is 76.6 Å². The summed E-state index contributed by atoms with van der Waals surface area (Å²) in [5.74, 6) is 0.0677. The van der Waals surface area contributed by atoms with E-state index in [1.807, 2.05) is 0 Å². The minimum atomic E-state index is -4.90. The first-order chi connectivity index (χ1) is 21.0. The summed E-state index contributed by atoms with van der Waals surface area (Å²) in [6, 6.07) is 0. The van der Waals surface area contributed by atoms with Gasteiger partial charge in [0.25, 0.3) is 5.56 Å². The largest absolute Gasteiger partial charge is 0.472 e. The summed E-state index contributed by atoms with van der Waals surface area (Å²) >= 11 is 1.29. The fourth-order valence-corrected chi connectivity index (χ4v) is 9.31. The van der Waals surface area contributed by atoms with Crippen LogP contribution >= 0.6 is 26.8 Å². The smallest absolute Gasteiger partial charge is 0.383 e. The first-order valence-corrected chi connectivity index (χ1v) is 17.1. The molecule has 0 spiro atoms. The lowest BCUT2D eigenvalue weighted by Crippen LogP contribution is -2.38. The molecule has 3 saturated heterocycles. The molecule has 7 N–H and O–H groups in total. The van der Waals surface area contributed by atoms with Crippen LogP contribution in [0.4, 0.5) is 11.8 Å². The first kappa shape index (κ1) is 29.8. The minimum absolute atomic E-state index is 0.00502. The van der Waals surface area contributed by atoms with Crippen LogP contribution in [0.2, 0.25) is 0 Å². The number of anilines is 2. The summed E-state index contributed by atoms with van der Waals surface area (Å²) in [6.45, 7) is -1.06. The Bertz CT molecular complexity index is 1900. The van der Waals surface area contributed by atoms with Crippen molar-refractivity contribution < 1.29 is 46.7 Å². The summed E-state index contributed by atoms with van der Waals surface area (Å²) in [6.07, 6.45) is -4.16. The van der Waals surface area contributed by atoms with Crippen molar-refractivity contribution in [2.75, 3.05) is 31.8 Å². The van der Waals surface area contributed by atoms with Crippen LogP contribution < -0.4 is 17.0 Å². The van der Waals surface area contributed by atoms with E-state index in [1.54, 1.807) is 5.38 Å². The van der Waals surface area contributed by atoms with Gasteiger partial charge < -0.3 is 40.0 Å². The zero-order valence-corrected chi connectivity index (χ0v) is 25.3. The number of phosphoric ester groups is 1. The third kappa shape index (κ3) is 5.05. The third-order valence-corrected chi connectivity index (χ3v) is 11.7. The molecule has 3 aliphatic heterocycles. The molecule has 44 heavy (non-hydrogen) atoms. The van der Waals surface area contributed by atoms with Crippen molar-refractivity contribution in [2.45, 2.75) is 48.8 Å². The zero-order chi connectivity index (χ0) is 31.0. The van der Waals surface area contributed by atoms with Gasteiger partial charge in [-0.2, -0.15) is 4.98 Å². The van der Waals surface area contributed by atoms with Gasteiger partial charge in [0, 0.05) is 12.5 Å². The van der Waals surface area contributed by atoms with Gasteiger partial charge in [0.1, 0.15) is 30.5 Å². The Morgan fingerprint density at radius 1 is 1.11 bits per heavy atom. The molecule has 2 unspecified atom stereocenters. The van der Waals surface area contributed by atoms with Crippen LogP contribution in [0.15, 0.2) is 22.8 Å². The van der Waals surface area contributed by atoms with Gasteiger partial charge in [-0.15, -0.1) is 11.3 Å². The molecule has 0 aromatic carbocycles. The number of imidazole rings is 1. The van der Waals surface area contributed by atoms with Gasteiger partial charge in [-0.1, -0.05) is 0 Å². The van der Waals surface area contributed by atoms with Crippen molar-refractivity contribution in [3.05, 3.63) is 33.3 Å². The highest BCUT2D eigenvalue weighted by Crippen LogP contribution is 2.59. The summed E-state index contributed by atoms with van der Waals surface area (Å²) in [5.41, 5.74) is 10.3. The third-order valence-electron chi connectivity index (χ3n) is 7.75. The average Bonchev–Trinajstić information content (AvgIpc) is 3.74. The number of ether oxygens (including phenoxy) is 3. The van der Waals surface area contributed by atoms with Crippen LogP contribution in [-0.4, -0.2) is 89.7 Å². The lowest BCUT2D eigenvalue weighted by molar-refractivity contribution is -0.0505. The van der Waals surface area contributed by atoms with Gasteiger partial charge in [0.05, 0.1) is 53.2 Å². The highest BCUT2D eigenvalue weighted by atomic mass is 32.1. The zero-order valence-electron chi connectivity index (χ0n) is 22.7. The highest BCUT2D eigenvalue weighted by molar-refractivity contribution is 7.53. The number of thiophene rings is 1. The molecule has 0 saturated carbocycles. The van der Waals surface area contributed by atoms with Crippen molar-refractivity contribution in [2.24, 2.45) is 0 Å². The van der Waals surface area contributed by atoms with Crippen LogP contribution in [0.5, 0.6) is 0 Å². The summed E-state index contributed by atoms with van der Waals surface area (Å²) < 4.78 is 62.6. The maximum absolute atomic E-state index is 13.7. The van der Waals surface area contributed by atoms with E-state index in [0.717, 1.165) is 0 Å². The second-order valence-corrected chi connectivity index (χ2v) is 14.7. The number of phosphoric acid groups is 1. The number of nitrogen functional groups attached to an aromatic ring is 2. The molecule has 4 aromatic heterocycles. The topological polar surface area (TPSA) is 271 Å². The molecule has 4 aromatic rings. The average molecular weight is 673 g/mol. The number of rotatable bonds is 3. The van der Waals surface area contributed by atoms with E-state index in [2.05, 4.69) is 24.9 Å². The SMILES string of the molecule is CO[C@H]1[C@H]2OP(=O)(O)OC[C@H]3O[C@@H](c4scc5c(N)ncnc45)C[C@@H]3P(=O)(O)OC[C@H]1O[C@H]2n1cnc2c(=O)[nH]c(N)nc21. The van der Waals surface area contributed by atoms with E-state index in [-0.39, 0.29) is 29.4 Å². The number of methoxy groups -OCH3 is 1. The molecule has 3 fully saturated rings. The number of hydrogen-bond acceptors (Lipinski definition) is 16. The lowest BCUT2D eigenvalue weighted by atomic mass is 10.1. The Labute approximate surface area is 250 Å². The van der Waals surface area contributed by atoms with Crippen LogP contribution in [0.25, 0.3) is 22.1 Å². The highest BCUT2D eigenvalue weighted by Gasteiger charge is 2.54. The molecule has 7 rings (SSSR count). The van der Waals surface area contributed by atoms with Gasteiger partial charge in [0.15, 0.2) is 17.4 Å². The Morgan fingerprint density at radius 2 is 1.91 bits per heavy atom. The fourth-order valence-electron chi connectivity index (χ4n) is 5.74. The number of fused-ring (bicyclic) bond motifs is 5.